The van der Waals surface area contributed by atoms with Gasteiger partial charge in [-0.1, -0.05) is 24.3 Å². The van der Waals surface area contributed by atoms with Gasteiger partial charge in [0.15, 0.2) is 5.82 Å². The summed E-state index contributed by atoms with van der Waals surface area (Å²) in [5.74, 6) is 0.457. The first-order chi connectivity index (χ1) is 12.3. The van der Waals surface area contributed by atoms with Crippen molar-refractivity contribution in [2.24, 2.45) is 0 Å². The van der Waals surface area contributed by atoms with Crippen molar-refractivity contribution in [2.75, 3.05) is 13.2 Å². The van der Waals surface area contributed by atoms with Crippen LogP contribution in [0, 0.1) is 0 Å². The summed E-state index contributed by atoms with van der Waals surface area (Å²) in [5, 5.41) is 4.99. The van der Waals surface area contributed by atoms with Crippen molar-refractivity contribution in [3.05, 3.63) is 66.5 Å². The minimum absolute atomic E-state index is 0.168. The molecule has 1 amide bonds. The van der Waals surface area contributed by atoms with E-state index in [-0.39, 0.29) is 5.91 Å². The van der Waals surface area contributed by atoms with Crippen LogP contribution in [0.1, 0.15) is 29.0 Å². The van der Waals surface area contributed by atoms with Crippen LogP contribution in [0.15, 0.2) is 55.1 Å². The maximum Gasteiger partial charge on any atom is 0.254 e. The molecule has 1 N–H and O–H groups in total. The Balaban J connectivity index is 1.71. The first kappa shape index (κ1) is 15.7. The number of nitrogens with zero attached hydrogens (tertiary/aromatic N) is 3. The molecule has 0 radical (unpaired) electrons. The Labute approximate surface area is 145 Å². The Kier molecular flexibility index (Phi) is 4.11. The van der Waals surface area contributed by atoms with E-state index in [1.807, 2.05) is 24.3 Å². The predicted molar refractivity (Wildman–Crippen MR) is 93.0 cm³/mol. The van der Waals surface area contributed by atoms with Gasteiger partial charge >= 0.3 is 0 Å². The number of rotatable bonds is 3. The van der Waals surface area contributed by atoms with Gasteiger partial charge in [0.05, 0.1) is 5.56 Å². The molecular formula is C19H18N4O2. The van der Waals surface area contributed by atoms with Crippen LogP contribution >= 0.6 is 0 Å². The number of carbonyl (C=O) groups is 1. The van der Waals surface area contributed by atoms with E-state index in [0.29, 0.717) is 37.4 Å². The Morgan fingerprint density at radius 3 is 2.60 bits per heavy atom. The molecule has 0 saturated carbocycles. The third kappa shape index (κ3) is 2.96. The topological polar surface area (TPSA) is 77.0 Å². The molecule has 25 heavy (non-hydrogen) atoms. The number of carbonyl (C=O) groups excluding carboxylic acids is 1. The van der Waals surface area contributed by atoms with Gasteiger partial charge in [0, 0.05) is 56.2 Å². The summed E-state index contributed by atoms with van der Waals surface area (Å²) >= 11 is 0. The van der Waals surface area contributed by atoms with Gasteiger partial charge in [0.1, 0.15) is 5.54 Å². The van der Waals surface area contributed by atoms with Crippen LogP contribution in [0.25, 0.3) is 10.8 Å². The van der Waals surface area contributed by atoms with Crippen LogP contribution in [0.3, 0.4) is 0 Å². The minimum atomic E-state index is -0.618. The molecule has 1 aliphatic rings. The lowest BCUT2D eigenvalue weighted by Crippen LogP contribution is -2.50. The molecule has 0 atom stereocenters. The first-order valence-corrected chi connectivity index (χ1v) is 8.29. The molecule has 4 rings (SSSR count). The van der Waals surface area contributed by atoms with Crippen molar-refractivity contribution in [1.82, 2.24) is 20.3 Å². The summed E-state index contributed by atoms with van der Waals surface area (Å²) in [6, 6.07) is 9.51. The van der Waals surface area contributed by atoms with E-state index < -0.39 is 5.54 Å². The fourth-order valence-electron chi connectivity index (χ4n) is 3.25. The average Bonchev–Trinajstić information content (AvgIpc) is 2.69. The minimum Gasteiger partial charge on any atom is -0.381 e. The monoisotopic (exact) mass is 334 g/mol. The Hall–Kier alpha value is -2.86. The number of benzene rings is 1. The number of amides is 1. The molecule has 0 spiro atoms. The van der Waals surface area contributed by atoms with Crippen molar-refractivity contribution in [1.29, 1.82) is 0 Å². The molecule has 0 aliphatic carbocycles. The summed E-state index contributed by atoms with van der Waals surface area (Å²) < 4.78 is 5.48. The van der Waals surface area contributed by atoms with Crippen LogP contribution in [0.5, 0.6) is 0 Å². The molecule has 1 saturated heterocycles. The summed E-state index contributed by atoms with van der Waals surface area (Å²) in [6.07, 6.45) is 8.05. The fraction of sp³-hybridized carbons (Fsp3) is 0.263. The normalized spacial score (nSPS) is 16.5. The van der Waals surface area contributed by atoms with E-state index in [0.717, 1.165) is 10.8 Å². The molecule has 1 aliphatic heterocycles. The Morgan fingerprint density at radius 1 is 1.04 bits per heavy atom. The number of ether oxygens (including phenoxy) is 1. The third-order valence-corrected chi connectivity index (χ3v) is 4.61. The molecule has 1 fully saturated rings. The van der Waals surface area contributed by atoms with Gasteiger partial charge in [0.2, 0.25) is 0 Å². The van der Waals surface area contributed by atoms with E-state index in [9.17, 15) is 4.79 Å². The van der Waals surface area contributed by atoms with E-state index in [4.69, 9.17) is 4.74 Å². The van der Waals surface area contributed by atoms with Crippen molar-refractivity contribution < 1.29 is 9.53 Å². The van der Waals surface area contributed by atoms with Gasteiger partial charge in [-0.15, -0.1) is 0 Å². The summed E-state index contributed by atoms with van der Waals surface area (Å²) in [4.78, 5) is 26.0. The zero-order valence-electron chi connectivity index (χ0n) is 13.7. The predicted octanol–water partition coefficient (Wildman–Crippen LogP) is 2.46. The first-order valence-electron chi connectivity index (χ1n) is 8.29. The quantitative estimate of drug-likeness (QED) is 0.796. The lowest BCUT2D eigenvalue weighted by Gasteiger charge is -2.36. The summed E-state index contributed by atoms with van der Waals surface area (Å²) in [6.45, 7) is 1.12. The smallest absolute Gasteiger partial charge is 0.254 e. The standard InChI is InChI=1S/C19H18N4O2/c24-17(16-13-20-12-14-4-1-2-5-15(14)16)23-19(6-10-25-11-7-19)18-21-8-3-9-22-18/h1-5,8-9,12-13H,6-7,10-11H2,(H,23,24). The SMILES string of the molecule is O=C(NC1(c2ncccn2)CCOCC1)c1cncc2ccccc12. The molecule has 126 valence electrons. The second-order valence-electron chi connectivity index (χ2n) is 6.13. The van der Waals surface area contributed by atoms with E-state index in [1.54, 1.807) is 30.9 Å². The van der Waals surface area contributed by atoms with Crippen LogP contribution in [-0.2, 0) is 10.3 Å². The number of hydrogen-bond acceptors (Lipinski definition) is 5. The Morgan fingerprint density at radius 2 is 1.80 bits per heavy atom. The largest absolute Gasteiger partial charge is 0.381 e. The lowest BCUT2D eigenvalue weighted by atomic mass is 9.88. The zero-order chi connectivity index (χ0) is 17.1. The number of aromatic nitrogens is 3. The van der Waals surface area contributed by atoms with Gasteiger partial charge in [-0.05, 0) is 11.5 Å². The van der Waals surface area contributed by atoms with Crippen molar-refractivity contribution >= 4 is 16.7 Å². The molecule has 2 aromatic heterocycles. The second-order valence-corrected chi connectivity index (χ2v) is 6.13. The highest BCUT2D eigenvalue weighted by Crippen LogP contribution is 2.30. The molecular weight excluding hydrogens is 316 g/mol. The van der Waals surface area contributed by atoms with E-state index >= 15 is 0 Å². The number of fused-ring (bicyclic) bond motifs is 1. The molecule has 6 nitrogen and oxygen atoms in total. The molecule has 3 heterocycles. The van der Waals surface area contributed by atoms with Crippen LogP contribution in [0.2, 0.25) is 0 Å². The second kappa shape index (κ2) is 6.57. The molecule has 1 aromatic carbocycles. The highest BCUT2D eigenvalue weighted by Gasteiger charge is 2.39. The van der Waals surface area contributed by atoms with Crippen LogP contribution < -0.4 is 5.32 Å². The fourth-order valence-corrected chi connectivity index (χ4v) is 3.25. The number of pyridine rings is 1. The third-order valence-electron chi connectivity index (χ3n) is 4.61. The number of nitrogens with one attached hydrogen (secondary N) is 1. The van der Waals surface area contributed by atoms with Crippen molar-refractivity contribution in [3.63, 3.8) is 0 Å². The molecule has 0 bridgehead atoms. The maximum absolute atomic E-state index is 13.1. The van der Waals surface area contributed by atoms with Gasteiger partial charge in [-0.25, -0.2) is 9.97 Å². The lowest BCUT2D eigenvalue weighted by molar-refractivity contribution is 0.0314. The highest BCUT2D eigenvalue weighted by atomic mass is 16.5. The maximum atomic E-state index is 13.1. The van der Waals surface area contributed by atoms with E-state index in [2.05, 4.69) is 20.3 Å². The molecule has 3 aromatic rings. The van der Waals surface area contributed by atoms with Gasteiger partial charge < -0.3 is 10.1 Å². The summed E-state index contributed by atoms with van der Waals surface area (Å²) in [7, 11) is 0. The van der Waals surface area contributed by atoms with Crippen LogP contribution in [0.4, 0.5) is 0 Å². The van der Waals surface area contributed by atoms with Gasteiger partial charge in [-0.2, -0.15) is 0 Å². The molecule has 6 heteroatoms. The Bertz CT molecular complexity index is 887. The zero-order valence-corrected chi connectivity index (χ0v) is 13.7. The average molecular weight is 334 g/mol. The van der Waals surface area contributed by atoms with Gasteiger partial charge in [0.25, 0.3) is 5.91 Å². The van der Waals surface area contributed by atoms with Crippen LogP contribution in [-0.4, -0.2) is 34.1 Å². The van der Waals surface area contributed by atoms with Crippen molar-refractivity contribution in [2.45, 2.75) is 18.4 Å². The number of hydrogen-bond donors (Lipinski definition) is 1. The van der Waals surface area contributed by atoms with E-state index in [1.165, 1.54) is 0 Å². The van der Waals surface area contributed by atoms with Crippen molar-refractivity contribution in [3.8, 4) is 0 Å². The summed E-state index contributed by atoms with van der Waals surface area (Å²) in [5.41, 5.74) is -0.0621. The van der Waals surface area contributed by atoms with Gasteiger partial charge in [-0.3, -0.25) is 9.78 Å². The highest BCUT2D eigenvalue weighted by molar-refractivity contribution is 6.06. The molecule has 0 unspecified atom stereocenters.